The Morgan fingerprint density at radius 2 is 1.94 bits per heavy atom. The zero-order chi connectivity index (χ0) is 24.0. The fraction of sp³-hybridized carbons (Fsp3) is 0.320. The third kappa shape index (κ3) is 4.13. The third-order valence-electron chi connectivity index (χ3n) is 6.28. The van der Waals surface area contributed by atoms with E-state index >= 15 is 8.78 Å². The molecule has 0 bridgehead atoms. The number of aliphatic imine (C=N–C) groups is 1. The zero-order valence-corrected chi connectivity index (χ0v) is 18.5. The lowest BCUT2D eigenvalue weighted by Crippen LogP contribution is -2.24. The molecule has 2 heterocycles. The maximum atomic E-state index is 15.8. The molecule has 0 amide bonds. The van der Waals surface area contributed by atoms with Crippen molar-refractivity contribution in [1.82, 2.24) is 4.57 Å². The number of nitrogens with zero attached hydrogens (tertiary/aromatic N) is 3. The molecule has 176 valence electrons. The zero-order valence-electron chi connectivity index (χ0n) is 18.5. The highest BCUT2D eigenvalue weighted by Gasteiger charge is 2.32. The number of benzene rings is 2. The van der Waals surface area contributed by atoms with Crippen LogP contribution in [0.25, 0.3) is 10.9 Å². The summed E-state index contributed by atoms with van der Waals surface area (Å²) in [4.78, 5) is 29.9. The number of pyridine rings is 1. The van der Waals surface area contributed by atoms with Gasteiger partial charge in [-0.05, 0) is 37.8 Å². The highest BCUT2D eigenvalue weighted by atomic mass is 19.1. The molecular weight excluding hydrogens is 444 g/mol. The average Bonchev–Trinajstić information content (AvgIpc) is 3.54. The lowest BCUT2D eigenvalue weighted by molar-refractivity contribution is 0.143. The molecule has 1 aliphatic heterocycles. The van der Waals surface area contributed by atoms with Crippen LogP contribution in [0.1, 0.15) is 36.4 Å². The molecule has 7 nitrogen and oxygen atoms in total. The molecule has 0 spiro atoms. The van der Waals surface area contributed by atoms with Crippen LogP contribution in [0.5, 0.6) is 5.75 Å². The van der Waals surface area contributed by atoms with Gasteiger partial charge >= 0.3 is 6.16 Å². The molecule has 2 aromatic carbocycles. The van der Waals surface area contributed by atoms with Gasteiger partial charge in [0.1, 0.15) is 11.5 Å². The van der Waals surface area contributed by atoms with Crippen molar-refractivity contribution in [3.8, 4) is 5.75 Å². The van der Waals surface area contributed by atoms with Gasteiger partial charge in [-0.25, -0.2) is 13.6 Å². The van der Waals surface area contributed by atoms with Gasteiger partial charge in [0.2, 0.25) is 5.43 Å². The number of anilines is 1. The molecule has 9 heteroatoms. The Bertz CT molecular complexity index is 1360. The molecule has 1 N–H and O–H groups in total. The van der Waals surface area contributed by atoms with Crippen LogP contribution in [0, 0.1) is 18.6 Å². The van der Waals surface area contributed by atoms with Crippen molar-refractivity contribution in [3.63, 3.8) is 0 Å². The van der Waals surface area contributed by atoms with Crippen molar-refractivity contribution in [2.45, 2.75) is 38.3 Å². The molecule has 0 radical (unpaired) electrons. The normalized spacial score (nSPS) is 18.2. The minimum absolute atomic E-state index is 0.0340. The molecule has 1 unspecified atom stereocenters. The van der Waals surface area contributed by atoms with E-state index in [2.05, 4.69) is 9.73 Å². The smallest absolute Gasteiger partial charge is 0.449 e. The first-order valence-electron chi connectivity index (χ1n) is 11.1. The van der Waals surface area contributed by atoms with Gasteiger partial charge in [-0.15, -0.1) is 0 Å². The lowest BCUT2D eigenvalue weighted by Gasteiger charge is -2.22. The Kier molecular flexibility index (Phi) is 5.55. The predicted octanol–water partition coefficient (Wildman–Crippen LogP) is 4.68. The summed E-state index contributed by atoms with van der Waals surface area (Å²) in [7, 11) is 0. The fourth-order valence-electron chi connectivity index (χ4n) is 4.41. The van der Waals surface area contributed by atoms with Crippen LogP contribution < -0.4 is 15.1 Å². The first-order valence-corrected chi connectivity index (χ1v) is 11.1. The quantitative estimate of drug-likeness (QED) is 0.435. The molecule has 1 aromatic heterocycles. The van der Waals surface area contributed by atoms with E-state index in [0.717, 1.165) is 30.0 Å². The minimum atomic E-state index is -1.66. The van der Waals surface area contributed by atoms with E-state index in [1.807, 2.05) is 31.2 Å². The Morgan fingerprint density at radius 1 is 1.21 bits per heavy atom. The van der Waals surface area contributed by atoms with Gasteiger partial charge in [0.05, 0.1) is 23.1 Å². The second-order valence-electron chi connectivity index (χ2n) is 8.82. The maximum Gasteiger partial charge on any atom is 0.511 e. The molecule has 34 heavy (non-hydrogen) atoms. The Morgan fingerprint density at radius 3 is 2.62 bits per heavy atom. The van der Waals surface area contributed by atoms with E-state index in [1.165, 1.54) is 10.8 Å². The first kappa shape index (κ1) is 22.1. The molecular formula is C25H23F2N3O4. The third-order valence-corrected chi connectivity index (χ3v) is 6.28. The minimum Gasteiger partial charge on any atom is -0.449 e. The summed E-state index contributed by atoms with van der Waals surface area (Å²) in [5, 5.41) is 8.68. The molecule has 5 rings (SSSR count). The summed E-state index contributed by atoms with van der Waals surface area (Å²) in [6.45, 7) is 2.77. The Hall–Kier alpha value is -3.75. The second-order valence-corrected chi connectivity index (χ2v) is 8.82. The number of rotatable bonds is 5. The van der Waals surface area contributed by atoms with Crippen molar-refractivity contribution in [2.75, 3.05) is 18.0 Å². The summed E-state index contributed by atoms with van der Waals surface area (Å²) in [6, 6.07) is 8.68. The number of carbonyl (C=O) groups is 1. The van der Waals surface area contributed by atoms with Gasteiger partial charge in [0, 0.05) is 25.3 Å². The van der Waals surface area contributed by atoms with Gasteiger partial charge in [-0.1, -0.05) is 29.8 Å². The molecule has 2 aliphatic rings. The predicted molar refractivity (Wildman–Crippen MR) is 124 cm³/mol. The van der Waals surface area contributed by atoms with E-state index in [4.69, 9.17) is 5.11 Å². The number of hydrogen-bond donors (Lipinski definition) is 1. The van der Waals surface area contributed by atoms with Gasteiger partial charge in [-0.3, -0.25) is 9.79 Å². The number of carboxylic acid groups (broad SMARTS) is 1. The Balaban J connectivity index is 1.49. The van der Waals surface area contributed by atoms with Crippen molar-refractivity contribution < 1.29 is 23.4 Å². The molecule has 1 saturated carbocycles. The van der Waals surface area contributed by atoms with Crippen LogP contribution >= 0.6 is 0 Å². The van der Waals surface area contributed by atoms with Gasteiger partial charge < -0.3 is 19.3 Å². The summed E-state index contributed by atoms with van der Waals surface area (Å²) in [5.74, 6) is -2.17. The molecule has 1 saturated heterocycles. The van der Waals surface area contributed by atoms with Crippen molar-refractivity contribution in [2.24, 2.45) is 4.99 Å². The first-order chi connectivity index (χ1) is 16.3. The van der Waals surface area contributed by atoms with Gasteiger partial charge in [0.25, 0.3) is 0 Å². The van der Waals surface area contributed by atoms with Gasteiger partial charge in [-0.2, -0.15) is 0 Å². The van der Waals surface area contributed by atoms with Crippen LogP contribution in [0.3, 0.4) is 0 Å². The fourth-order valence-corrected chi connectivity index (χ4v) is 4.41. The molecule has 1 aliphatic carbocycles. The van der Waals surface area contributed by atoms with Crippen molar-refractivity contribution >= 4 is 29.0 Å². The molecule has 3 aromatic rings. The maximum absolute atomic E-state index is 15.8. The summed E-state index contributed by atoms with van der Waals surface area (Å²) < 4.78 is 37.0. The largest absolute Gasteiger partial charge is 0.511 e. The number of fused-ring (bicyclic) bond motifs is 1. The SMILES string of the molecule is Cc1ccc(C=NC2CCN(c3c(F)cc4c(=O)c(OC(=O)O)cn(C5CC5)c4c3F)C2)cc1. The monoisotopic (exact) mass is 467 g/mol. The standard InChI is InChI=1S/C25H23F2N3O4/c1-14-2-4-15(5-3-14)11-28-16-8-9-29(12-16)23-19(26)10-18-22(21(23)27)30(17-6-7-17)13-20(24(18)31)34-25(32)33/h2-5,10-11,13,16-17H,6-9,12H2,1H3,(H,32,33). The van der Waals surface area contributed by atoms with Crippen LogP contribution in [0.4, 0.5) is 19.3 Å². The lowest BCUT2D eigenvalue weighted by atomic mass is 10.1. The highest BCUT2D eigenvalue weighted by molar-refractivity contribution is 5.86. The summed E-state index contributed by atoms with van der Waals surface area (Å²) >= 11 is 0. The second kappa shape index (κ2) is 8.55. The van der Waals surface area contributed by atoms with Crippen LogP contribution in [-0.4, -0.2) is 41.2 Å². The van der Waals surface area contributed by atoms with E-state index in [9.17, 15) is 9.59 Å². The summed E-state index contributed by atoms with van der Waals surface area (Å²) in [5.41, 5.74) is 1.02. The van der Waals surface area contributed by atoms with Crippen molar-refractivity contribution in [3.05, 3.63) is 69.5 Å². The van der Waals surface area contributed by atoms with E-state index in [1.54, 1.807) is 11.1 Å². The average molecular weight is 467 g/mol. The molecule has 1 atom stereocenters. The Labute approximate surface area is 193 Å². The summed E-state index contributed by atoms with van der Waals surface area (Å²) in [6.07, 6.45) is 3.45. The van der Waals surface area contributed by atoms with Crippen molar-refractivity contribution in [1.29, 1.82) is 0 Å². The topological polar surface area (TPSA) is 84.1 Å². The number of aryl methyl sites for hydroxylation is 1. The number of hydrogen-bond acceptors (Lipinski definition) is 5. The van der Waals surface area contributed by atoms with Gasteiger partial charge in [0.15, 0.2) is 11.6 Å². The van der Waals surface area contributed by atoms with Crippen LogP contribution in [0.15, 0.2) is 46.3 Å². The van der Waals surface area contributed by atoms with E-state index in [0.29, 0.717) is 19.5 Å². The van der Waals surface area contributed by atoms with E-state index < -0.39 is 29.0 Å². The highest BCUT2D eigenvalue weighted by Crippen LogP contribution is 2.40. The van der Waals surface area contributed by atoms with E-state index in [-0.39, 0.29) is 28.7 Å². The number of halogens is 2. The van der Waals surface area contributed by atoms with Crippen LogP contribution in [0.2, 0.25) is 0 Å². The number of ether oxygens (including phenoxy) is 1. The number of aromatic nitrogens is 1. The van der Waals surface area contributed by atoms with Crippen LogP contribution in [-0.2, 0) is 0 Å². The molecule has 2 fully saturated rings.